The SMILES string of the molecule is Clc1cccc2c1C(CN1CCNCC1)CN2. The molecule has 1 unspecified atom stereocenters. The van der Waals surface area contributed by atoms with Crippen molar-refractivity contribution in [2.75, 3.05) is 44.6 Å². The van der Waals surface area contributed by atoms with Crippen molar-refractivity contribution in [3.05, 3.63) is 28.8 Å². The predicted molar refractivity (Wildman–Crippen MR) is 72.0 cm³/mol. The van der Waals surface area contributed by atoms with Crippen LogP contribution in [0, 0.1) is 0 Å². The van der Waals surface area contributed by atoms with Gasteiger partial charge in [-0.05, 0) is 17.7 Å². The lowest BCUT2D eigenvalue weighted by Crippen LogP contribution is -2.45. The highest BCUT2D eigenvalue weighted by atomic mass is 35.5. The third-order valence-electron chi connectivity index (χ3n) is 3.69. The summed E-state index contributed by atoms with van der Waals surface area (Å²) in [4.78, 5) is 2.53. The summed E-state index contributed by atoms with van der Waals surface area (Å²) in [6, 6.07) is 6.14. The number of benzene rings is 1. The van der Waals surface area contributed by atoms with E-state index < -0.39 is 0 Å². The molecule has 1 aromatic carbocycles. The molecule has 0 radical (unpaired) electrons. The van der Waals surface area contributed by atoms with E-state index in [2.05, 4.69) is 21.6 Å². The number of nitrogens with zero attached hydrogens (tertiary/aromatic N) is 1. The molecule has 0 amide bonds. The first-order valence-electron chi connectivity index (χ1n) is 6.30. The molecule has 92 valence electrons. The molecule has 1 atom stereocenters. The quantitative estimate of drug-likeness (QED) is 0.839. The molecule has 0 aliphatic carbocycles. The van der Waals surface area contributed by atoms with E-state index in [-0.39, 0.29) is 0 Å². The van der Waals surface area contributed by atoms with Crippen LogP contribution in [0.5, 0.6) is 0 Å². The highest BCUT2D eigenvalue weighted by Gasteiger charge is 2.26. The normalized spacial score (nSPS) is 24.4. The average molecular weight is 252 g/mol. The van der Waals surface area contributed by atoms with Crippen LogP contribution in [0.25, 0.3) is 0 Å². The molecule has 17 heavy (non-hydrogen) atoms. The minimum absolute atomic E-state index is 0.539. The Morgan fingerprint density at radius 2 is 2.12 bits per heavy atom. The van der Waals surface area contributed by atoms with E-state index in [1.165, 1.54) is 11.3 Å². The number of hydrogen-bond acceptors (Lipinski definition) is 3. The van der Waals surface area contributed by atoms with Gasteiger partial charge in [-0.1, -0.05) is 17.7 Å². The van der Waals surface area contributed by atoms with E-state index in [4.69, 9.17) is 11.6 Å². The van der Waals surface area contributed by atoms with Crippen molar-refractivity contribution in [3.63, 3.8) is 0 Å². The zero-order valence-corrected chi connectivity index (χ0v) is 10.6. The van der Waals surface area contributed by atoms with Crippen LogP contribution in [0.4, 0.5) is 5.69 Å². The smallest absolute Gasteiger partial charge is 0.0462 e. The minimum Gasteiger partial charge on any atom is -0.384 e. The van der Waals surface area contributed by atoms with Gasteiger partial charge in [0, 0.05) is 55.9 Å². The Kier molecular flexibility index (Phi) is 3.23. The number of halogens is 1. The van der Waals surface area contributed by atoms with Crippen LogP contribution in [-0.4, -0.2) is 44.2 Å². The van der Waals surface area contributed by atoms with Gasteiger partial charge in [-0.25, -0.2) is 0 Å². The number of piperazine rings is 1. The number of fused-ring (bicyclic) bond motifs is 1. The van der Waals surface area contributed by atoms with Crippen LogP contribution in [0.1, 0.15) is 11.5 Å². The van der Waals surface area contributed by atoms with Gasteiger partial charge in [0.1, 0.15) is 0 Å². The minimum atomic E-state index is 0.539. The zero-order valence-electron chi connectivity index (χ0n) is 9.88. The van der Waals surface area contributed by atoms with Gasteiger partial charge in [-0.15, -0.1) is 0 Å². The fourth-order valence-electron chi connectivity index (χ4n) is 2.80. The van der Waals surface area contributed by atoms with Crippen LogP contribution in [0.2, 0.25) is 5.02 Å². The molecular formula is C13H18ClN3. The maximum absolute atomic E-state index is 6.31. The molecule has 2 N–H and O–H groups in total. The van der Waals surface area contributed by atoms with Crippen molar-refractivity contribution < 1.29 is 0 Å². The summed E-state index contributed by atoms with van der Waals surface area (Å²) in [5.74, 6) is 0.539. The Hall–Kier alpha value is -0.770. The second-order valence-electron chi connectivity index (χ2n) is 4.83. The van der Waals surface area contributed by atoms with Gasteiger partial charge in [-0.2, -0.15) is 0 Å². The Balaban J connectivity index is 1.74. The lowest BCUT2D eigenvalue weighted by atomic mass is 10.0. The first kappa shape index (κ1) is 11.3. The van der Waals surface area contributed by atoms with Crippen molar-refractivity contribution in [3.8, 4) is 0 Å². The van der Waals surface area contributed by atoms with E-state index >= 15 is 0 Å². The molecule has 1 aromatic rings. The maximum atomic E-state index is 6.31. The van der Waals surface area contributed by atoms with Crippen molar-refractivity contribution in [1.82, 2.24) is 10.2 Å². The number of hydrogen-bond donors (Lipinski definition) is 2. The highest BCUT2D eigenvalue weighted by Crippen LogP contribution is 2.37. The Labute approximate surface area is 107 Å². The van der Waals surface area contributed by atoms with Crippen molar-refractivity contribution in [2.45, 2.75) is 5.92 Å². The molecule has 2 aliphatic rings. The molecule has 0 aromatic heterocycles. The van der Waals surface area contributed by atoms with Crippen LogP contribution < -0.4 is 10.6 Å². The van der Waals surface area contributed by atoms with Crippen molar-refractivity contribution >= 4 is 17.3 Å². The van der Waals surface area contributed by atoms with Crippen molar-refractivity contribution in [1.29, 1.82) is 0 Å². The molecule has 1 fully saturated rings. The molecule has 0 spiro atoms. The molecule has 2 heterocycles. The zero-order chi connectivity index (χ0) is 11.7. The topological polar surface area (TPSA) is 27.3 Å². The fourth-order valence-corrected chi connectivity index (χ4v) is 3.13. The molecule has 2 aliphatic heterocycles. The predicted octanol–water partition coefficient (Wildman–Crippen LogP) is 1.75. The van der Waals surface area contributed by atoms with Crippen LogP contribution >= 0.6 is 11.6 Å². The summed E-state index contributed by atoms with van der Waals surface area (Å²) in [6.45, 7) is 6.64. The van der Waals surface area contributed by atoms with Gasteiger partial charge in [0.2, 0.25) is 0 Å². The first-order valence-corrected chi connectivity index (χ1v) is 6.68. The molecular weight excluding hydrogens is 234 g/mol. The van der Waals surface area contributed by atoms with Gasteiger partial charge in [0.15, 0.2) is 0 Å². The van der Waals surface area contributed by atoms with Crippen LogP contribution in [0.15, 0.2) is 18.2 Å². The monoisotopic (exact) mass is 251 g/mol. The van der Waals surface area contributed by atoms with E-state index in [0.29, 0.717) is 5.92 Å². The van der Waals surface area contributed by atoms with E-state index in [9.17, 15) is 0 Å². The van der Waals surface area contributed by atoms with E-state index in [1.807, 2.05) is 12.1 Å². The Bertz CT molecular complexity index is 402. The highest BCUT2D eigenvalue weighted by molar-refractivity contribution is 6.32. The number of anilines is 1. The summed E-state index contributed by atoms with van der Waals surface area (Å²) in [5.41, 5.74) is 2.53. The largest absolute Gasteiger partial charge is 0.384 e. The molecule has 0 bridgehead atoms. The second-order valence-corrected chi connectivity index (χ2v) is 5.24. The summed E-state index contributed by atoms with van der Waals surface area (Å²) in [6.07, 6.45) is 0. The Morgan fingerprint density at radius 1 is 1.29 bits per heavy atom. The summed E-state index contributed by atoms with van der Waals surface area (Å²) in [5, 5.41) is 7.75. The molecule has 4 heteroatoms. The number of rotatable bonds is 2. The fraction of sp³-hybridized carbons (Fsp3) is 0.538. The number of nitrogens with one attached hydrogen (secondary N) is 2. The first-order chi connectivity index (χ1) is 8.34. The van der Waals surface area contributed by atoms with Gasteiger partial charge in [0.25, 0.3) is 0 Å². The lowest BCUT2D eigenvalue weighted by Gasteiger charge is -2.29. The third-order valence-corrected chi connectivity index (χ3v) is 4.02. The maximum Gasteiger partial charge on any atom is 0.0462 e. The van der Waals surface area contributed by atoms with Crippen molar-refractivity contribution in [2.24, 2.45) is 0 Å². The molecule has 1 saturated heterocycles. The van der Waals surface area contributed by atoms with Gasteiger partial charge in [0.05, 0.1) is 0 Å². The van der Waals surface area contributed by atoms with E-state index in [0.717, 1.165) is 44.3 Å². The van der Waals surface area contributed by atoms with E-state index in [1.54, 1.807) is 0 Å². The average Bonchev–Trinajstić information content (AvgIpc) is 2.75. The van der Waals surface area contributed by atoms with Crippen LogP contribution in [-0.2, 0) is 0 Å². The van der Waals surface area contributed by atoms with Gasteiger partial charge >= 0.3 is 0 Å². The van der Waals surface area contributed by atoms with Gasteiger partial charge in [-0.3, -0.25) is 0 Å². The third kappa shape index (κ3) is 2.28. The standard InChI is InChI=1S/C13H18ClN3/c14-11-2-1-3-12-13(11)10(8-16-12)9-17-6-4-15-5-7-17/h1-3,10,15-16H,4-9H2. The Morgan fingerprint density at radius 3 is 2.94 bits per heavy atom. The lowest BCUT2D eigenvalue weighted by molar-refractivity contribution is 0.230. The summed E-state index contributed by atoms with van der Waals surface area (Å²) >= 11 is 6.31. The molecule has 0 saturated carbocycles. The summed E-state index contributed by atoms with van der Waals surface area (Å²) < 4.78 is 0. The molecule has 3 nitrogen and oxygen atoms in total. The van der Waals surface area contributed by atoms with Gasteiger partial charge < -0.3 is 15.5 Å². The second kappa shape index (κ2) is 4.84. The van der Waals surface area contributed by atoms with Crippen LogP contribution in [0.3, 0.4) is 0 Å². The molecule has 3 rings (SSSR count). The summed E-state index contributed by atoms with van der Waals surface area (Å²) in [7, 11) is 0.